The van der Waals surface area contributed by atoms with Crippen LogP contribution in [0.2, 0.25) is 0 Å². The van der Waals surface area contributed by atoms with Crippen LogP contribution in [0.25, 0.3) is 11.2 Å². The summed E-state index contributed by atoms with van der Waals surface area (Å²) in [5.74, 6) is 0.108. The van der Waals surface area contributed by atoms with Crippen molar-refractivity contribution >= 4 is 48.6 Å². The second-order valence-electron chi connectivity index (χ2n) is 7.15. The van der Waals surface area contributed by atoms with Crippen LogP contribution in [0.15, 0.2) is 11.1 Å². The van der Waals surface area contributed by atoms with Crippen LogP contribution >= 0.6 is 31.6 Å². The number of aromatic nitrogens is 4. The van der Waals surface area contributed by atoms with E-state index in [2.05, 4.69) is 30.9 Å². The van der Waals surface area contributed by atoms with Crippen molar-refractivity contribution in [2.75, 3.05) is 18.9 Å². The molecule has 7 atom stereocenters. The second-order valence-corrected chi connectivity index (χ2v) is 11.0. The molecule has 5 heterocycles. The Kier molecular flexibility index (Phi) is 5.92. The molecule has 2 aromatic rings. The average Bonchev–Trinajstić information content (AvgIpc) is 3.39. The third kappa shape index (κ3) is 4.14. The van der Waals surface area contributed by atoms with Gasteiger partial charge in [-0.3, -0.25) is 18.1 Å². The van der Waals surface area contributed by atoms with E-state index in [0.717, 1.165) is 0 Å². The molecular weight excluding hydrogens is 540 g/mol. The third-order valence-electron chi connectivity index (χ3n) is 5.02. The lowest BCUT2D eigenvalue weighted by molar-refractivity contribution is -0.0817. The van der Waals surface area contributed by atoms with Crippen molar-refractivity contribution in [1.29, 1.82) is 0 Å². The molecule has 32 heavy (non-hydrogen) atoms. The number of nitrogen functional groups attached to an aromatic ring is 1. The number of aliphatic hydroxyl groups is 1. The Morgan fingerprint density at radius 3 is 2.91 bits per heavy atom. The van der Waals surface area contributed by atoms with Gasteiger partial charge in [-0.2, -0.15) is 4.31 Å². The second kappa shape index (κ2) is 8.32. The Balaban J connectivity index is 1.48. The van der Waals surface area contributed by atoms with E-state index in [1.807, 2.05) is 0 Å². The third-order valence-corrected chi connectivity index (χ3v) is 8.67. The number of phosphoric ester groups is 2. The summed E-state index contributed by atoms with van der Waals surface area (Å²) in [7, 11) is -9.56. The van der Waals surface area contributed by atoms with Gasteiger partial charge in [0.05, 0.1) is 6.61 Å². The number of aliphatic hydroxyl groups excluding tert-OH is 1. The van der Waals surface area contributed by atoms with Crippen LogP contribution in [0.1, 0.15) is 19.1 Å². The largest absolute Gasteiger partial charge is 0.486 e. The van der Waals surface area contributed by atoms with Crippen molar-refractivity contribution in [1.82, 2.24) is 19.5 Å². The zero-order valence-corrected chi connectivity index (χ0v) is 19.5. The average molecular weight is 558 g/mol. The van der Waals surface area contributed by atoms with Gasteiger partial charge in [0.2, 0.25) is 0 Å². The normalized spacial score (nSPS) is 40.3. The fourth-order valence-electron chi connectivity index (χ4n) is 3.63. The van der Waals surface area contributed by atoms with E-state index < -0.39 is 53.1 Å². The van der Waals surface area contributed by atoms with E-state index in [-0.39, 0.29) is 21.7 Å². The van der Waals surface area contributed by atoms with Crippen LogP contribution in [-0.2, 0) is 36.5 Å². The molecule has 3 aliphatic heterocycles. The molecule has 2 aromatic heterocycles. The highest BCUT2D eigenvalue weighted by Gasteiger charge is 2.55. The highest BCUT2D eigenvalue weighted by molar-refractivity contribution is 9.10. The minimum Gasteiger partial charge on any atom is -0.386 e. The van der Waals surface area contributed by atoms with Gasteiger partial charge in [-0.25, -0.2) is 24.1 Å². The Morgan fingerprint density at radius 2 is 2.16 bits per heavy atom. The van der Waals surface area contributed by atoms with Crippen molar-refractivity contribution < 1.29 is 46.5 Å². The fourth-order valence-corrected chi connectivity index (χ4v) is 7.08. The smallest absolute Gasteiger partial charge is 0.386 e. The molecule has 0 aromatic carbocycles. The van der Waals surface area contributed by atoms with Crippen molar-refractivity contribution in [3.8, 4) is 0 Å². The van der Waals surface area contributed by atoms with E-state index in [9.17, 15) is 19.1 Å². The molecule has 0 saturated carbocycles. The number of nitrogens with zero attached hydrogens (tertiary/aromatic N) is 4. The Labute approximate surface area is 188 Å². The van der Waals surface area contributed by atoms with Crippen LogP contribution in [0.4, 0.5) is 5.82 Å². The summed E-state index contributed by atoms with van der Waals surface area (Å²) in [5, 5.41) is 11.0. The summed E-state index contributed by atoms with van der Waals surface area (Å²) in [6, 6.07) is 0. The lowest BCUT2D eigenvalue weighted by Crippen LogP contribution is -2.37. The van der Waals surface area contributed by atoms with Gasteiger partial charge in [0.25, 0.3) is 0 Å². The van der Waals surface area contributed by atoms with E-state index in [1.165, 1.54) is 10.9 Å². The lowest BCUT2D eigenvalue weighted by atomic mass is 10.1. The van der Waals surface area contributed by atoms with Crippen molar-refractivity contribution in [2.45, 2.75) is 43.7 Å². The molecule has 0 amide bonds. The number of rotatable bonds is 3. The Hall–Kier alpha value is -1.03. The van der Waals surface area contributed by atoms with Gasteiger partial charge in [0.15, 0.2) is 34.2 Å². The molecule has 0 aliphatic carbocycles. The number of anilines is 1. The lowest BCUT2D eigenvalue weighted by Gasteiger charge is -2.30. The minimum absolute atomic E-state index is 0.108. The summed E-state index contributed by atoms with van der Waals surface area (Å²) in [6.07, 6.45) is -3.83. The molecule has 0 spiro atoms. The molecule has 0 radical (unpaired) electrons. The number of hydrogen-bond donors (Lipinski definition) is 3. The maximum absolute atomic E-state index is 13.2. The summed E-state index contributed by atoms with van der Waals surface area (Å²) in [6.45, 7) is -0.155. The standard InChI is InChI=1S/C14H18BrN5O10P2/c15-14-19-8-11(16)17-5-18-12(8)20(14)13-9(21)10-6(27-13)4-26-31(22,23)30-32(24,29-10)28-7-2-1-3-25-7/h5-7,9-10,13,21H,1-4H2,(H,22,23)(H2,16,17,18). The maximum Gasteiger partial charge on any atom is 0.486 e. The van der Waals surface area contributed by atoms with Crippen molar-refractivity contribution in [2.24, 2.45) is 0 Å². The van der Waals surface area contributed by atoms with E-state index in [4.69, 9.17) is 33.1 Å². The van der Waals surface area contributed by atoms with E-state index >= 15 is 0 Å². The summed E-state index contributed by atoms with van der Waals surface area (Å²) in [4.78, 5) is 22.1. The number of fused-ring (bicyclic) bond motifs is 2. The number of ether oxygens (including phenoxy) is 2. The fraction of sp³-hybridized carbons (Fsp3) is 0.643. The van der Waals surface area contributed by atoms with Crippen LogP contribution in [0, 0.1) is 0 Å². The molecule has 18 heteroatoms. The van der Waals surface area contributed by atoms with Gasteiger partial charge in [-0.1, -0.05) is 0 Å². The van der Waals surface area contributed by atoms with Gasteiger partial charge < -0.3 is 25.2 Å². The predicted molar refractivity (Wildman–Crippen MR) is 107 cm³/mol. The molecule has 4 N–H and O–H groups in total. The van der Waals surface area contributed by atoms with Gasteiger partial charge in [0.1, 0.15) is 24.6 Å². The summed E-state index contributed by atoms with van der Waals surface area (Å²) < 4.78 is 58.4. The number of phosphoric acid groups is 2. The zero-order chi connectivity index (χ0) is 22.7. The molecule has 3 aliphatic rings. The van der Waals surface area contributed by atoms with Gasteiger partial charge >= 0.3 is 15.6 Å². The zero-order valence-electron chi connectivity index (χ0n) is 16.1. The van der Waals surface area contributed by atoms with Crippen molar-refractivity contribution in [3.63, 3.8) is 0 Å². The predicted octanol–water partition coefficient (Wildman–Crippen LogP) is 1.22. The molecule has 0 bridgehead atoms. The molecule has 3 fully saturated rings. The minimum atomic E-state index is -4.84. The quantitative estimate of drug-likeness (QED) is 0.359. The van der Waals surface area contributed by atoms with Crippen LogP contribution in [0.5, 0.6) is 0 Å². The monoisotopic (exact) mass is 557 g/mol. The molecule has 15 nitrogen and oxygen atoms in total. The molecule has 176 valence electrons. The first kappa shape index (κ1) is 22.7. The Morgan fingerprint density at radius 1 is 1.34 bits per heavy atom. The highest BCUT2D eigenvalue weighted by Crippen LogP contribution is 2.67. The van der Waals surface area contributed by atoms with Gasteiger partial charge in [-0.05, 0) is 22.4 Å². The summed E-state index contributed by atoms with van der Waals surface area (Å²) in [5.41, 5.74) is 6.34. The SMILES string of the molecule is Nc1ncnc2c1nc(Br)n2C1OC2COP(=O)(O)OP(=O)(OC3CCCO3)OC2C1O. The number of nitrogens with two attached hydrogens (primary N) is 1. The molecule has 7 unspecified atom stereocenters. The maximum atomic E-state index is 13.2. The van der Waals surface area contributed by atoms with Crippen LogP contribution < -0.4 is 5.73 Å². The number of hydrogen-bond acceptors (Lipinski definition) is 13. The van der Waals surface area contributed by atoms with Gasteiger partial charge in [0, 0.05) is 13.0 Å². The molecule has 5 rings (SSSR count). The first-order valence-corrected chi connectivity index (χ1v) is 13.2. The first-order valence-electron chi connectivity index (χ1n) is 9.40. The number of imidazole rings is 1. The topological polar surface area (TPSA) is 200 Å². The Bertz CT molecular complexity index is 1130. The molecular formula is C14H18BrN5O10P2. The highest BCUT2D eigenvalue weighted by atomic mass is 79.9. The van der Waals surface area contributed by atoms with E-state index in [0.29, 0.717) is 19.4 Å². The van der Waals surface area contributed by atoms with Crippen molar-refractivity contribution in [3.05, 3.63) is 11.1 Å². The van der Waals surface area contributed by atoms with Gasteiger partial charge in [-0.15, -0.1) is 0 Å². The van der Waals surface area contributed by atoms with Crippen LogP contribution in [0.3, 0.4) is 0 Å². The summed E-state index contributed by atoms with van der Waals surface area (Å²) >= 11 is 3.27. The number of halogens is 1. The van der Waals surface area contributed by atoms with Crippen LogP contribution in [-0.4, -0.2) is 67.3 Å². The first-order chi connectivity index (χ1) is 15.2. The molecule has 3 saturated heterocycles. The van der Waals surface area contributed by atoms with E-state index in [1.54, 1.807) is 0 Å².